The van der Waals surface area contributed by atoms with E-state index in [4.69, 9.17) is 9.47 Å². The molecule has 0 aliphatic carbocycles. The summed E-state index contributed by atoms with van der Waals surface area (Å²) in [6, 6.07) is 18.6. The number of benzene rings is 3. The van der Waals surface area contributed by atoms with Crippen LogP contribution in [0.4, 0.5) is 15.8 Å². The average Bonchev–Trinajstić information content (AvgIpc) is 3.21. The summed E-state index contributed by atoms with van der Waals surface area (Å²) >= 11 is 0. The highest BCUT2D eigenvalue weighted by Crippen LogP contribution is 2.36. The van der Waals surface area contributed by atoms with Gasteiger partial charge in [0.25, 0.3) is 5.91 Å². The van der Waals surface area contributed by atoms with Crippen molar-refractivity contribution in [3.8, 4) is 0 Å². The van der Waals surface area contributed by atoms with Gasteiger partial charge in [0.15, 0.2) is 0 Å². The number of halogens is 1. The van der Waals surface area contributed by atoms with Gasteiger partial charge in [0, 0.05) is 11.4 Å². The monoisotopic (exact) mass is 488 g/mol. The number of carbonyl (C=O) groups is 3. The number of esters is 2. The topological polar surface area (TPSA) is 84.9 Å². The normalized spacial score (nSPS) is 14.9. The standard InChI is InChI=1S/C28H25FN2O5/c1-3-35-27(33)19-7-13-22(14-8-19)30-24-17-25(18-5-11-21(29)12-6-18)31(26(24)32)23-15-9-20(10-16-23)28(34)36-4-2/h5-17,25,30H,3-4H2,1-2H3/t25-/m0/s1. The second kappa shape index (κ2) is 10.9. The van der Waals surface area contributed by atoms with Crippen molar-refractivity contribution in [2.75, 3.05) is 23.4 Å². The number of ether oxygens (including phenoxy) is 2. The van der Waals surface area contributed by atoms with E-state index < -0.39 is 18.0 Å². The second-order valence-electron chi connectivity index (χ2n) is 7.94. The van der Waals surface area contributed by atoms with Gasteiger partial charge in [-0.05, 0) is 86.2 Å². The number of hydrogen-bond donors (Lipinski definition) is 1. The van der Waals surface area contributed by atoms with Crippen LogP contribution >= 0.6 is 0 Å². The molecule has 184 valence electrons. The van der Waals surface area contributed by atoms with Gasteiger partial charge in [0.05, 0.1) is 30.4 Å². The quantitative estimate of drug-likeness (QED) is 0.435. The molecule has 1 aliphatic heterocycles. The molecule has 0 saturated heterocycles. The Bertz CT molecular complexity index is 1290. The van der Waals surface area contributed by atoms with Gasteiger partial charge in [-0.2, -0.15) is 0 Å². The molecule has 7 nitrogen and oxygen atoms in total. The summed E-state index contributed by atoms with van der Waals surface area (Å²) in [7, 11) is 0. The van der Waals surface area contributed by atoms with Crippen molar-refractivity contribution in [3.63, 3.8) is 0 Å². The first-order chi connectivity index (χ1) is 17.4. The molecule has 1 aliphatic rings. The first-order valence-corrected chi connectivity index (χ1v) is 11.5. The maximum absolute atomic E-state index is 13.6. The fourth-order valence-electron chi connectivity index (χ4n) is 3.87. The average molecular weight is 489 g/mol. The van der Waals surface area contributed by atoms with E-state index >= 15 is 0 Å². The number of hydrogen-bond acceptors (Lipinski definition) is 6. The number of anilines is 2. The van der Waals surface area contributed by atoms with Crippen LogP contribution in [0.1, 0.15) is 46.2 Å². The predicted octanol–water partition coefficient (Wildman–Crippen LogP) is 5.26. The molecule has 1 N–H and O–H groups in total. The van der Waals surface area contributed by atoms with Crippen LogP contribution < -0.4 is 10.2 Å². The third-order valence-corrected chi connectivity index (χ3v) is 5.60. The molecule has 1 atom stereocenters. The number of carbonyl (C=O) groups excluding carboxylic acids is 3. The van der Waals surface area contributed by atoms with E-state index in [2.05, 4.69) is 5.32 Å². The highest BCUT2D eigenvalue weighted by molar-refractivity contribution is 6.11. The van der Waals surface area contributed by atoms with Crippen molar-refractivity contribution < 1.29 is 28.2 Å². The lowest BCUT2D eigenvalue weighted by Gasteiger charge is -2.25. The van der Waals surface area contributed by atoms with Crippen LogP contribution in [0.2, 0.25) is 0 Å². The van der Waals surface area contributed by atoms with Crippen LogP contribution in [0.3, 0.4) is 0 Å². The molecule has 0 spiro atoms. The summed E-state index contributed by atoms with van der Waals surface area (Å²) in [5.74, 6) is -1.55. The molecular formula is C28H25FN2O5. The molecule has 1 heterocycles. The van der Waals surface area contributed by atoms with Gasteiger partial charge >= 0.3 is 11.9 Å². The number of nitrogens with one attached hydrogen (secondary N) is 1. The fourth-order valence-corrected chi connectivity index (χ4v) is 3.87. The highest BCUT2D eigenvalue weighted by Gasteiger charge is 2.35. The Labute approximate surface area is 208 Å². The van der Waals surface area contributed by atoms with E-state index in [1.165, 1.54) is 12.1 Å². The Hall–Kier alpha value is -4.46. The maximum atomic E-state index is 13.6. The fraction of sp³-hybridized carbons (Fsp3) is 0.179. The van der Waals surface area contributed by atoms with Gasteiger partial charge in [-0.15, -0.1) is 0 Å². The van der Waals surface area contributed by atoms with Crippen LogP contribution in [-0.2, 0) is 14.3 Å². The predicted molar refractivity (Wildman–Crippen MR) is 133 cm³/mol. The van der Waals surface area contributed by atoms with E-state index in [1.807, 2.05) is 0 Å². The molecule has 4 rings (SSSR count). The van der Waals surface area contributed by atoms with Crippen molar-refractivity contribution in [2.45, 2.75) is 19.9 Å². The van der Waals surface area contributed by atoms with Crippen LogP contribution in [0, 0.1) is 5.82 Å². The smallest absolute Gasteiger partial charge is 0.338 e. The Balaban J connectivity index is 1.62. The largest absolute Gasteiger partial charge is 0.462 e. The second-order valence-corrected chi connectivity index (χ2v) is 7.94. The molecule has 36 heavy (non-hydrogen) atoms. The first kappa shape index (κ1) is 24.7. The lowest BCUT2D eigenvalue weighted by atomic mass is 10.1. The Morgan fingerprint density at radius 3 is 1.89 bits per heavy atom. The highest BCUT2D eigenvalue weighted by atomic mass is 19.1. The Kier molecular flexibility index (Phi) is 7.44. The van der Waals surface area contributed by atoms with Crippen molar-refractivity contribution >= 4 is 29.2 Å². The summed E-state index contributed by atoms with van der Waals surface area (Å²) in [4.78, 5) is 39.0. The molecule has 8 heteroatoms. The van der Waals surface area contributed by atoms with Gasteiger partial charge in [0.2, 0.25) is 0 Å². The van der Waals surface area contributed by atoms with E-state index in [-0.39, 0.29) is 24.9 Å². The van der Waals surface area contributed by atoms with Crippen LogP contribution in [0.15, 0.2) is 84.6 Å². The number of nitrogens with zero attached hydrogens (tertiary/aromatic N) is 1. The lowest BCUT2D eigenvalue weighted by molar-refractivity contribution is -0.114. The summed E-state index contributed by atoms with van der Waals surface area (Å²) in [5, 5.41) is 3.12. The minimum atomic E-state index is -0.507. The van der Waals surface area contributed by atoms with E-state index in [1.54, 1.807) is 85.5 Å². The molecule has 0 bridgehead atoms. The SMILES string of the molecule is CCOC(=O)c1ccc(NC2=C[C@@H](c3ccc(F)cc3)N(c3ccc(C(=O)OCC)cc3)C2=O)cc1. The minimum absolute atomic E-state index is 0.261. The van der Waals surface area contributed by atoms with Gasteiger partial charge in [-0.3, -0.25) is 9.69 Å². The Morgan fingerprint density at radius 2 is 1.36 bits per heavy atom. The third-order valence-electron chi connectivity index (χ3n) is 5.60. The molecule has 0 aromatic heterocycles. The van der Waals surface area contributed by atoms with Crippen molar-refractivity contribution in [1.29, 1.82) is 0 Å². The summed E-state index contributed by atoms with van der Waals surface area (Å²) < 4.78 is 23.6. The Morgan fingerprint density at radius 1 is 0.833 bits per heavy atom. The minimum Gasteiger partial charge on any atom is -0.462 e. The van der Waals surface area contributed by atoms with Gasteiger partial charge in [-0.25, -0.2) is 14.0 Å². The van der Waals surface area contributed by atoms with E-state index in [0.29, 0.717) is 33.8 Å². The molecular weight excluding hydrogens is 463 g/mol. The van der Waals surface area contributed by atoms with E-state index in [9.17, 15) is 18.8 Å². The zero-order valence-electron chi connectivity index (χ0n) is 19.9. The van der Waals surface area contributed by atoms with Crippen LogP contribution in [-0.4, -0.2) is 31.1 Å². The number of rotatable bonds is 8. The lowest BCUT2D eigenvalue weighted by Crippen LogP contribution is -2.30. The van der Waals surface area contributed by atoms with Gasteiger partial charge < -0.3 is 14.8 Å². The third kappa shape index (κ3) is 5.27. The van der Waals surface area contributed by atoms with Gasteiger partial charge in [0.1, 0.15) is 11.5 Å². The summed E-state index contributed by atoms with van der Waals surface area (Å²) in [5.41, 5.74) is 2.99. The van der Waals surface area contributed by atoms with Crippen LogP contribution in [0.5, 0.6) is 0 Å². The molecule has 3 aromatic carbocycles. The summed E-state index contributed by atoms with van der Waals surface area (Å²) in [6.07, 6.45) is 1.76. The van der Waals surface area contributed by atoms with E-state index in [0.717, 1.165) is 0 Å². The first-order valence-electron chi connectivity index (χ1n) is 11.5. The molecule has 0 saturated carbocycles. The molecule has 0 fully saturated rings. The van der Waals surface area contributed by atoms with Crippen molar-refractivity contribution in [1.82, 2.24) is 0 Å². The zero-order chi connectivity index (χ0) is 25.7. The summed E-state index contributed by atoms with van der Waals surface area (Å²) in [6.45, 7) is 4.01. The molecule has 1 amide bonds. The molecule has 0 unspecified atom stereocenters. The van der Waals surface area contributed by atoms with Crippen molar-refractivity contribution in [3.05, 3.63) is 107 Å². The van der Waals surface area contributed by atoms with Crippen molar-refractivity contribution in [2.24, 2.45) is 0 Å². The zero-order valence-corrected chi connectivity index (χ0v) is 19.9. The number of amides is 1. The maximum Gasteiger partial charge on any atom is 0.338 e. The van der Waals surface area contributed by atoms with Crippen LogP contribution in [0.25, 0.3) is 0 Å². The molecule has 0 radical (unpaired) electrons. The molecule has 3 aromatic rings. The van der Waals surface area contributed by atoms with Gasteiger partial charge in [-0.1, -0.05) is 12.1 Å².